The number of hydrogen-bond acceptors (Lipinski definition) is 6. The van der Waals surface area contributed by atoms with Crippen LogP contribution in [0.3, 0.4) is 0 Å². The number of unbranched alkanes of at least 4 members (excludes halogenated alkanes) is 29. The predicted octanol–water partition coefficient (Wildman–Crippen LogP) is 24.1. The highest BCUT2D eigenvalue weighted by Gasteiger charge is 2.19. The van der Waals surface area contributed by atoms with Gasteiger partial charge in [0.25, 0.3) is 0 Å². The Labute approximate surface area is 513 Å². The minimum Gasteiger partial charge on any atom is -0.462 e. The summed E-state index contributed by atoms with van der Waals surface area (Å²) >= 11 is 0. The fourth-order valence-electron chi connectivity index (χ4n) is 9.53. The standard InChI is InChI=1S/C77H128O6/c1-4-7-10-13-15-17-19-21-23-25-27-29-31-33-35-37-38-40-41-43-45-47-49-51-53-55-57-59-61-64-67-70-76(79)82-73-74(72-81-75(78)69-66-63-12-9-6-3)83-77(80)71-68-65-62-60-58-56-54-52-50-48-46-44-42-39-36-34-32-30-28-26-24-22-20-18-16-14-11-8-5-2/h7-8,10-11,15-18,21-24,27-30,33-36,38,40,74H,4-6,9,12-14,19-20,25-26,31-32,37,39,41-73H2,1-3H3/b10-7-,11-8-,17-15-,18-16-,23-21-,24-22-,29-27-,30-28-,35-33-,36-34-,40-38-. The molecule has 0 amide bonds. The van der Waals surface area contributed by atoms with E-state index in [0.29, 0.717) is 19.3 Å². The maximum absolute atomic E-state index is 12.9. The molecule has 0 aromatic rings. The van der Waals surface area contributed by atoms with Crippen LogP contribution in [0.15, 0.2) is 134 Å². The van der Waals surface area contributed by atoms with E-state index >= 15 is 0 Å². The fraction of sp³-hybridized carbons (Fsp3) is 0.675. The van der Waals surface area contributed by atoms with Gasteiger partial charge in [-0.25, -0.2) is 0 Å². The van der Waals surface area contributed by atoms with Crippen molar-refractivity contribution in [2.45, 2.75) is 322 Å². The summed E-state index contributed by atoms with van der Waals surface area (Å²) in [6, 6.07) is 0. The van der Waals surface area contributed by atoms with E-state index in [0.717, 1.165) is 135 Å². The van der Waals surface area contributed by atoms with E-state index in [1.807, 2.05) is 0 Å². The summed E-state index contributed by atoms with van der Waals surface area (Å²) in [6.07, 6.45) is 99.5. The van der Waals surface area contributed by atoms with E-state index in [1.165, 1.54) is 141 Å². The van der Waals surface area contributed by atoms with Crippen LogP contribution in [0.2, 0.25) is 0 Å². The van der Waals surface area contributed by atoms with E-state index in [-0.39, 0.29) is 31.1 Å². The van der Waals surface area contributed by atoms with E-state index in [9.17, 15) is 14.4 Å². The molecule has 0 rings (SSSR count). The van der Waals surface area contributed by atoms with Crippen molar-refractivity contribution < 1.29 is 28.6 Å². The van der Waals surface area contributed by atoms with Gasteiger partial charge < -0.3 is 14.2 Å². The zero-order valence-electron chi connectivity index (χ0n) is 54.2. The average molecular weight is 1150 g/mol. The van der Waals surface area contributed by atoms with Crippen LogP contribution < -0.4 is 0 Å². The Morgan fingerprint density at radius 2 is 0.470 bits per heavy atom. The molecule has 472 valence electrons. The number of allylic oxidation sites excluding steroid dienone is 22. The van der Waals surface area contributed by atoms with Gasteiger partial charge in [-0.2, -0.15) is 0 Å². The van der Waals surface area contributed by atoms with Crippen molar-refractivity contribution in [2.24, 2.45) is 0 Å². The number of ether oxygens (including phenoxy) is 3. The molecule has 0 bridgehead atoms. The molecule has 0 heterocycles. The van der Waals surface area contributed by atoms with Crippen molar-refractivity contribution in [3.05, 3.63) is 134 Å². The third-order valence-corrected chi connectivity index (χ3v) is 14.7. The first-order valence-corrected chi connectivity index (χ1v) is 34.7. The van der Waals surface area contributed by atoms with Crippen molar-refractivity contribution in [3.63, 3.8) is 0 Å². The molecule has 6 heteroatoms. The molecule has 0 aliphatic heterocycles. The SMILES string of the molecule is CC/C=C\C/C=C\C/C=C\C/C=C\C/C=C\C/C=C\CCCCCCCCCCCCCCC(=O)OCC(COC(=O)CCCCCCC)OC(=O)CCCCCCCCCCCCCCC/C=C\C/C=C\C/C=C\C/C=C\C/C=C\CC. The van der Waals surface area contributed by atoms with E-state index in [2.05, 4.69) is 154 Å². The zero-order valence-corrected chi connectivity index (χ0v) is 54.2. The minimum atomic E-state index is -0.779. The first-order chi connectivity index (χ1) is 41.0. The predicted molar refractivity (Wildman–Crippen MR) is 362 cm³/mol. The quantitative estimate of drug-likeness (QED) is 0.0261. The molecule has 1 atom stereocenters. The topological polar surface area (TPSA) is 78.9 Å². The van der Waals surface area contributed by atoms with Crippen molar-refractivity contribution >= 4 is 17.9 Å². The maximum Gasteiger partial charge on any atom is 0.306 e. The van der Waals surface area contributed by atoms with Crippen molar-refractivity contribution in [1.82, 2.24) is 0 Å². The van der Waals surface area contributed by atoms with Gasteiger partial charge >= 0.3 is 17.9 Å². The summed E-state index contributed by atoms with van der Waals surface area (Å²) < 4.78 is 16.8. The minimum absolute atomic E-state index is 0.0797. The van der Waals surface area contributed by atoms with Crippen molar-refractivity contribution in [2.75, 3.05) is 13.2 Å². The van der Waals surface area contributed by atoms with Crippen molar-refractivity contribution in [3.8, 4) is 0 Å². The van der Waals surface area contributed by atoms with E-state index < -0.39 is 6.10 Å². The molecule has 0 saturated heterocycles. The highest BCUT2D eigenvalue weighted by atomic mass is 16.6. The summed E-state index contributed by atoms with van der Waals surface area (Å²) in [5.41, 5.74) is 0. The van der Waals surface area contributed by atoms with Gasteiger partial charge in [0.15, 0.2) is 6.10 Å². The Balaban J connectivity index is 4.02. The van der Waals surface area contributed by atoms with Gasteiger partial charge in [-0.1, -0.05) is 315 Å². The third kappa shape index (κ3) is 68.2. The normalized spacial score (nSPS) is 13.0. The van der Waals surface area contributed by atoms with E-state index in [4.69, 9.17) is 14.2 Å². The molecule has 0 radical (unpaired) electrons. The maximum atomic E-state index is 12.9. The third-order valence-electron chi connectivity index (χ3n) is 14.7. The fourth-order valence-corrected chi connectivity index (χ4v) is 9.53. The van der Waals surface area contributed by atoms with Crippen LogP contribution in [0.5, 0.6) is 0 Å². The smallest absolute Gasteiger partial charge is 0.306 e. The van der Waals surface area contributed by atoms with Gasteiger partial charge in [0.1, 0.15) is 13.2 Å². The van der Waals surface area contributed by atoms with Crippen LogP contribution in [-0.4, -0.2) is 37.2 Å². The lowest BCUT2D eigenvalue weighted by atomic mass is 10.0. The van der Waals surface area contributed by atoms with Gasteiger partial charge in [-0.15, -0.1) is 0 Å². The lowest BCUT2D eigenvalue weighted by molar-refractivity contribution is -0.167. The van der Waals surface area contributed by atoms with Gasteiger partial charge in [0.2, 0.25) is 0 Å². The second-order valence-electron chi connectivity index (χ2n) is 22.7. The molecule has 0 aromatic carbocycles. The second kappa shape index (κ2) is 70.0. The number of carbonyl (C=O) groups excluding carboxylic acids is 3. The van der Waals surface area contributed by atoms with E-state index in [1.54, 1.807) is 0 Å². The highest BCUT2D eigenvalue weighted by molar-refractivity contribution is 5.71. The molecule has 0 fully saturated rings. The van der Waals surface area contributed by atoms with Crippen LogP contribution in [0, 0.1) is 0 Å². The van der Waals surface area contributed by atoms with Crippen LogP contribution >= 0.6 is 0 Å². The Hall–Kier alpha value is -4.45. The summed E-state index contributed by atoms with van der Waals surface area (Å²) in [4.78, 5) is 38.0. The number of carbonyl (C=O) groups is 3. The molecule has 0 spiro atoms. The highest BCUT2D eigenvalue weighted by Crippen LogP contribution is 2.17. The molecular formula is C77H128O6. The number of rotatable bonds is 62. The molecule has 0 aliphatic rings. The van der Waals surface area contributed by atoms with Gasteiger partial charge in [0, 0.05) is 19.3 Å². The Bertz CT molecular complexity index is 1750. The van der Waals surface area contributed by atoms with Crippen LogP contribution in [0.1, 0.15) is 316 Å². The lowest BCUT2D eigenvalue weighted by Crippen LogP contribution is -2.30. The summed E-state index contributed by atoms with van der Waals surface area (Å²) in [5.74, 6) is -0.890. The largest absolute Gasteiger partial charge is 0.462 e. The second-order valence-corrected chi connectivity index (χ2v) is 22.7. The number of hydrogen-bond donors (Lipinski definition) is 0. The molecular weight excluding hydrogens is 1020 g/mol. The first kappa shape index (κ1) is 78.5. The Morgan fingerprint density at radius 1 is 0.253 bits per heavy atom. The molecule has 0 aromatic heterocycles. The molecule has 0 aliphatic carbocycles. The monoisotopic (exact) mass is 1150 g/mol. The number of esters is 3. The van der Waals surface area contributed by atoms with Gasteiger partial charge in [-0.3, -0.25) is 14.4 Å². The molecule has 1 unspecified atom stereocenters. The van der Waals surface area contributed by atoms with Crippen molar-refractivity contribution in [1.29, 1.82) is 0 Å². The Kier molecular flexibility index (Phi) is 66.3. The zero-order chi connectivity index (χ0) is 59.9. The molecule has 6 nitrogen and oxygen atoms in total. The van der Waals surface area contributed by atoms with Crippen LogP contribution in [-0.2, 0) is 28.6 Å². The summed E-state index contributed by atoms with van der Waals surface area (Å²) in [7, 11) is 0. The average Bonchev–Trinajstić information content (AvgIpc) is 3.49. The molecule has 0 N–H and O–H groups in total. The van der Waals surface area contributed by atoms with Gasteiger partial charge in [0.05, 0.1) is 0 Å². The van der Waals surface area contributed by atoms with Gasteiger partial charge in [-0.05, 0) is 116 Å². The van der Waals surface area contributed by atoms with Crippen LogP contribution in [0.4, 0.5) is 0 Å². The summed E-state index contributed by atoms with van der Waals surface area (Å²) in [5, 5.41) is 0. The lowest BCUT2D eigenvalue weighted by Gasteiger charge is -2.18. The molecule has 83 heavy (non-hydrogen) atoms. The summed E-state index contributed by atoms with van der Waals surface area (Å²) in [6.45, 7) is 6.35. The Morgan fingerprint density at radius 3 is 0.735 bits per heavy atom. The first-order valence-electron chi connectivity index (χ1n) is 34.7. The molecule has 0 saturated carbocycles. The van der Waals surface area contributed by atoms with Crippen LogP contribution in [0.25, 0.3) is 0 Å².